The quantitative estimate of drug-likeness (QED) is 0.816. The highest BCUT2D eigenvalue weighted by molar-refractivity contribution is 7.10. The lowest BCUT2D eigenvalue weighted by molar-refractivity contribution is 0.213. The number of rotatable bonds is 2. The van der Waals surface area contributed by atoms with E-state index in [1.165, 1.54) is 11.3 Å². The molecule has 0 spiro atoms. The molecule has 14 heavy (non-hydrogen) atoms. The van der Waals surface area contributed by atoms with E-state index in [-0.39, 0.29) is 0 Å². The zero-order chi connectivity index (χ0) is 9.97. The molecule has 0 saturated heterocycles. The fourth-order valence-electron chi connectivity index (χ4n) is 1.12. The molecule has 2 aromatic rings. The molecule has 0 saturated carbocycles. The molecule has 1 N–H and O–H groups in total. The lowest BCUT2D eigenvalue weighted by atomic mass is 10.2. The van der Waals surface area contributed by atoms with Gasteiger partial charge in [-0.15, -0.1) is 11.3 Å². The third-order valence-corrected chi connectivity index (χ3v) is 2.78. The molecule has 0 fully saturated rings. The standard InChI is InChI=1S/C10H10N2OS/c1-7-5-11-10(12-6-7)9(13)8-3-2-4-14-8/h2-6,9,13H,1H3. The molecule has 2 rings (SSSR count). The minimum atomic E-state index is -0.699. The van der Waals surface area contributed by atoms with E-state index in [1.54, 1.807) is 12.4 Å². The van der Waals surface area contributed by atoms with E-state index in [0.29, 0.717) is 5.82 Å². The average molecular weight is 206 g/mol. The second-order valence-corrected chi connectivity index (χ2v) is 4.02. The van der Waals surface area contributed by atoms with Crippen molar-refractivity contribution in [1.29, 1.82) is 0 Å². The molecule has 2 aromatic heterocycles. The molecule has 0 radical (unpaired) electrons. The first-order chi connectivity index (χ1) is 6.77. The summed E-state index contributed by atoms with van der Waals surface area (Å²) in [6, 6.07) is 3.77. The van der Waals surface area contributed by atoms with Gasteiger partial charge in [0.15, 0.2) is 5.82 Å². The monoisotopic (exact) mass is 206 g/mol. The van der Waals surface area contributed by atoms with Crippen LogP contribution in [0.25, 0.3) is 0 Å². The molecule has 4 heteroatoms. The van der Waals surface area contributed by atoms with Crippen LogP contribution in [0.3, 0.4) is 0 Å². The summed E-state index contributed by atoms with van der Waals surface area (Å²) in [5.41, 5.74) is 0.993. The third kappa shape index (κ3) is 1.81. The van der Waals surface area contributed by atoms with Gasteiger partial charge >= 0.3 is 0 Å². The van der Waals surface area contributed by atoms with Crippen LogP contribution in [0.5, 0.6) is 0 Å². The van der Waals surface area contributed by atoms with Crippen molar-refractivity contribution in [2.45, 2.75) is 13.0 Å². The Morgan fingerprint density at radius 3 is 2.64 bits per heavy atom. The molecule has 0 aliphatic carbocycles. The first-order valence-corrected chi connectivity index (χ1v) is 5.15. The maximum atomic E-state index is 9.86. The van der Waals surface area contributed by atoms with Gasteiger partial charge in [-0.3, -0.25) is 0 Å². The topological polar surface area (TPSA) is 46.0 Å². The molecule has 1 unspecified atom stereocenters. The molecule has 2 heterocycles. The van der Waals surface area contributed by atoms with Crippen LogP contribution in [0.2, 0.25) is 0 Å². The third-order valence-electron chi connectivity index (χ3n) is 1.86. The summed E-state index contributed by atoms with van der Waals surface area (Å²) in [4.78, 5) is 9.03. The van der Waals surface area contributed by atoms with Crippen molar-refractivity contribution in [3.8, 4) is 0 Å². The molecule has 0 aliphatic rings. The van der Waals surface area contributed by atoms with Crippen LogP contribution in [0.4, 0.5) is 0 Å². The zero-order valence-electron chi connectivity index (χ0n) is 7.71. The Morgan fingerprint density at radius 1 is 1.36 bits per heavy atom. The van der Waals surface area contributed by atoms with Crippen molar-refractivity contribution in [1.82, 2.24) is 9.97 Å². The Labute approximate surface area is 86.1 Å². The van der Waals surface area contributed by atoms with Gasteiger partial charge in [0.1, 0.15) is 6.10 Å². The number of nitrogens with zero attached hydrogens (tertiary/aromatic N) is 2. The fourth-order valence-corrected chi connectivity index (χ4v) is 1.82. The van der Waals surface area contributed by atoms with Crippen molar-refractivity contribution >= 4 is 11.3 Å². The second-order valence-electron chi connectivity index (χ2n) is 3.04. The predicted molar refractivity (Wildman–Crippen MR) is 55.1 cm³/mol. The van der Waals surface area contributed by atoms with Crippen LogP contribution in [-0.2, 0) is 0 Å². The van der Waals surface area contributed by atoms with Crippen molar-refractivity contribution < 1.29 is 5.11 Å². The molecule has 0 aromatic carbocycles. The van der Waals surface area contributed by atoms with E-state index < -0.39 is 6.10 Å². The SMILES string of the molecule is Cc1cnc(C(O)c2cccs2)nc1. The number of aliphatic hydroxyl groups excluding tert-OH is 1. The summed E-state index contributed by atoms with van der Waals surface area (Å²) < 4.78 is 0. The van der Waals surface area contributed by atoms with Crippen molar-refractivity contribution in [3.05, 3.63) is 46.2 Å². The van der Waals surface area contributed by atoms with Gasteiger partial charge in [-0.2, -0.15) is 0 Å². The fraction of sp³-hybridized carbons (Fsp3) is 0.200. The van der Waals surface area contributed by atoms with Crippen molar-refractivity contribution in [3.63, 3.8) is 0 Å². The summed E-state index contributed by atoms with van der Waals surface area (Å²) in [6.07, 6.45) is 2.72. The highest BCUT2D eigenvalue weighted by Gasteiger charge is 2.13. The molecular formula is C10H10N2OS. The Hall–Kier alpha value is -1.26. The minimum absolute atomic E-state index is 0.457. The van der Waals surface area contributed by atoms with Gasteiger partial charge in [-0.05, 0) is 23.9 Å². The molecule has 0 amide bonds. The Balaban J connectivity index is 2.28. The van der Waals surface area contributed by atoms with Gasteiger partial charge in [0.05, 0.1) is 0 Å². The molecular weight excluding hydrogens is 196 g/mol. The zero-order valence-corrected chi connectivity index (χ0v) is 8.53. The number of hydrogen-bond acceptors (Lipinski definition) is 4. The van der Waals surface area contributed by atoms with Crippen LogP contribution >= 0.6 is 11.3 Å². The molecule has 72 valence electrons. The van der Waals surface area contributed by atoms with Crippen LogP contribution in [0.1, 0.15) is 22.4 Å². The summed E-state index contributed by atoms with van der Waals surface area (Å²) in [5.74, 6) is 0.457. The van der Waals surface area contributed by atoms with Crippen LogP contribution in [0.15, 0.2) is 29.9 Å². The maximum absolute atomic E-state index is 9.86. The first-order valence-electron chi connectivity index (χ1n) is 4.27. The maximum Gasteiger partial charge on any atom is 0.162 e. The van der Waals surface area contributed by atoms with Crippen molar-refractivity contribution in [2.24, 2.45) is 0 Å². The Kier molecular flexibility index (Phi) is 2.56. The second kappa shape index (κ2) is 3.86. The number of hydrogen-bond donors (Lipinski definition) is 1. The number of thiophene rings is 1. The molecule has 0 aliphatic heterocycles. The lowest BCUT2D eigenvalue weighted by Crippen LogP contribution is -2.03. The van der Waals surface area contributed by atoms with Gasteiger partial charge in [0.2, 0.25) is 0 Å². The van der Waals surface area contributed by atoms with E-state index in [9.17, 15) is 5.11 Å². The largest absolute Gasteiger partial charge is 0.379 e. The molecule has 0 bridgehead atoms. The van der Waals surface area contributed by atoms with Crippen LogP contribution in [0, 0.1) is 6.92 Å². The average Bonchev–Trinajstić information content (AvgIpc) is 2.71. The van der Waals surface area contributed by atoms with E-state index >= 15 is 0 Å². The van der Waals surface area contributed by atoms with E-state index in [2.05, 4.69) is 9.97 Å². The molecule has 3 nitrogen and oxygen atoms in total. The smallest absolute Gasteiger partial charge is 0.162 e. The summed E-state index contributed by atoms with van der Waals surface area (Å²) in [7, 11) is 0. The number of aryl methyl sites for hydroxylation is 1. The predicted octanol–water partition coefficient (Wildman–Crippen LogP) is 1.93. The van der Waals surface area contributed by atoms with E-state index in [1.807, 2.05) is 24.4 Å². The van der Waals surface area contributed by atoms with Gasteiger partial charge in [0.25, 0.3) is 0 Å². The summed E-state index contributed by atoms with van der Waals surface area (Å²) in [5, 5.41) is 11.8. The van der Waals surface area contributed by atoms with Gasteiger partial charge in [0, 0.05) is 17.3 Å². The van der Waals surface area contributed by atoms with Gasteiger partial charge in [-0.1, -0.05) is 6.07 Å². The summed E-state index contributed by atoms with van der Waals surface area (Å²) in [6.45, 7) is 1.92. The van der Waals surface area contributed by atoms with Crippen LogP contribution in [-0.4, -0.2) is 15.1 Å². The van der Waals surface area contributed by atoms with Gasteiger partial charge in [-0.25, -0.2) is 9.97 Å². The van der Waals surface area contributed by atoms with E-state index in [0.717, 1.165) is 10.4 Å². The number of aromatic nitrogens is 2. The lowest BCUT2D eigenvalue weighted by Gasteiger charge is -2.06. The van der Waals surface area contributed by atoms with Crippen molar-refractivity contribution in [2.75, 3.05) is 0 Å². The Bertz CT molecular complexity index is 397. The van der Waals surface area contributed by atoms with Crippen LogP contribution < -0.4 is 0 Å². The van der Waals surface area contributed by atoms with E-state index in [4.69, 9.17) is 0 Å². The molecule has 1 atom stereocenters. The Morgan fingerprint density at radius 2 is 2.07 bits per heavy atom. The normalized spacial score (nSPS) is 12.7. The minimum Gasteiger partial charge on any atom is -0.379 e. The van der Waals surface area contributed by atoms with Gasteiger partial charge < -0.3 is 5.11 Å². The highest BCUT2D eigenvalue weighted by Crippen LogP contribution is 2.22. The first kappa shape index (κ1) is 9.30. The number of aliphatic hydroxyl groups is 1. The highest BCUT2D eigenvalue weighted by atomic mass is 32.1. The summed E-state index contributed by atoms with van der Waals surface area (Å²) >= 11 is 1.50.